The maximum atomic E-state index is 12.4. The average Bonchev–Trinajstić information content (AvgIpc) is 3.09. The molecule has 2 amide bonds. The predicted molar refractivity (Wildman–Crippen MR) is 97.3 cm³/mol. The van der Waals surface area contributed by atoms with E-state index in [1.165, 1.54) is 29.5 Å². The third kappa shape index (κ3) is 7.82. The van der Waals surface area contributed by atoms with E-state index in [0.29, 0.717) is 4.88 Å². The fourth-order valence-electron chi connectivity index (χ4n) is 2.11. The number of benzene rings is 1. The van der Waals surface area contributed by atoms with Crippen LogP contribution in [0.5, 0.6) is 5.75 Å². The van der Waals surface area contributed by atoms with Gasteiger partial charge >= 0.3 is 12.3 Å². The monoisotopic (exact) mass is 430 g/mol. The Labute approximate surface area is 167 Å². The zero-order chi connectivity index (χ0) is 21.4. The lowest BCUT2D eigenvalue weighted by molar-refractivity contribution is -0.274. The summed E-state index contributed by atoms with van der Waals surface area (Å²) in [7, 11) is 0. The number of thiophene rings is 1. The van der Waals surface area contributed by atoms with E-state index in [1.807, 2.05) is 6.92 Å². The largest absolute Gasteiger partial charge is 0.573 e. The molecule has 2 N–H and O–H groups in total. The van der Waals surface area contributed by atoms with Gasteiger partial charge in [0.05, 0.1) is 4.88 Å². The van der Waals surface area contributed by atoms with Crippen molar-refractivity contribution in [1.29, 1.82) is 0 Å². The van der Waals surface area contributed by atoms with Crippen molar-refractivity contribution in [3.8, 4) is 5.75 Å². The minimum Gasteiger partial charge on any atom is -0.454 e. The van der Waals surface area contributed by atoms with Crippen molar-refractivity contribution in [2.75, 3.05) is 13.2 Å². The van der Waals surface area contributed by atoms with Gasteiger partial charge in [0.1, 0.15) is 12.3 Å². The molecule has 0 aliphatic rings. The number of nitrogens with one attached hydrogen (secondary N) is 2. The van der Waals surface area contributed by atoms with Gasteiger partial charge in [0.25, 0.3) is 11.8 Å². The van der Waals surface area contributed by atoms with E-state index >= 15 is 0 Å². The van der Waals surface area contributed by atoms with E-state index < -0.39 is 43.0 Å². The maximum Gasteiger partial charge on any atom is 0.573 e. The fraction of sp³-hybridized carbons (Fsp3) is 0.278. The lowest BCUT2D eigenvalue weighted by Crippen LogP contribution is -2.33. The number of carbonyl (C=O) groups excluding carboxylic acids is 3. The molecule has 1 aromatic carbocycles. The molecule has 2 rings (SSSR count). The smallest absolute Gasteiger partial charge is 0.454 e. The number of alkyl halides is 3. The van der Waals surface area contributed by atoms with Crippen molar-refractivity contribution < 1.29 is 37.0 Å². The molecule has 0 saturated heterocycles. The SMILES string of the molecule is Cc1ccc(C(=O)NCC(=O)OCC(=O)NCc2ccccc2OC(F)(F)F)s1. The summed E-state index contributed by atoms with van der Waals surface area (Å²) >= 11 is 1.27. The summed E-state index contributed by atoms with van der Waals surface area (Å²) < 4.78 is 45.7. The molecule has 0 spiro atoms. The first-order valence-corrected chi connectivity index (χ1v) is 9.06. The molecule has 0 atom stereocenters. The van der Waals surface area contributed by atoms with Crippen molar-refractivity contribution >= 4 is 29.1 Å². The Kier molecular flexibility index (Phi) is 7.59. The third-order valence-corrected chi connectivity index (χ3v) is 4.40. The van der Waals surface area contributed by atoms with Crippen LogP contribution >= 0.6 is 11.3 Å². The Morgan fingerprint density at radius 3 is 2.45 bits per heavy atom. The Bertz CT molecular complexity index is 882. The highest BCUT2D eigenvalue weighted by Crippen LogP contribution is 2.26. The van der Waals surface area contributed by atoms with Crippen LogP contribution in [0, 0.1) is 6.92 Å². The molecule has 2 aromatic rings. The molecule has 1 heterocycles. The molecule has 0 fully saturated rings. The van der Waals surface area contributed by atoms with E-state index in [-0.39, 0.29) is 12.1 Å². The molecule has 156 valence electrons. The van der Waals surface area contributed by atoms with Crippen LogP contribution in [0.25, 0.3) is 0 Å². The molecule has 0 bridgehead atoms. The summed E-state index contributed by atoms with van der Waals surface area (Å²) in [6.07, 6.45) is -4.86. The number of hydrogen-bond acceptors (Lipinski definition) is 6. The van der Waals surface area contributed by atoms with Crippen LogP contribution in [-0.2, 0) is 20.9 Å². The number of amides is 2. The van der Waals surface area contributed by atoms with Crippen LogP contribution < -0.4 is 15.4 Å². The normalized spacial score (nSPS) is 10.9. The first-order valence-electron chi connectivity index (χ1n) is 8.24. The van der Waals surface area contributed by atoms with Gasteiger partial charge in [0.15, 0.2) is 6.61 Å². The second-order valence-corrected chi connectivity index (χ2v) is 6.97. The third-order valence-electron chi connectivity index (χ3n) is 3.40. The number of aryl methyl sites for hydroxylation is 1. The van der Waals surface area contributed by atoms with Crippen molar-refractivity contribution in [2.24, 2.45) is 0 Å². The summed E-state index contributed by atoms with van der Waals surface area (Å²) in [5, 5.41) is 4.69. The molecule has 0 unspecified atom stereocenters. The molecule has 11 heteroatoms. The van der Waals surface area contributed by atoms with Crippen LogP contribution in [0.3, 0.4) is 0 Å². The van der Waals surface area contributed by atoms with Crippen LogP contribution in [0.15, 0.2) is 36.4 Å². The minimum atomic E-state index is -4.86. The van der Waals surface area contributed by atoms with Gasteiger partial charge in [0, 0.05) is 17.0 Å². The lowest BCUT2D eigenvalue weighted by Gasteiger charge is -2.13. The van der Waals surface area contributed by atoms with Gasteiger partial charge in [-0.15, -0.1) is 24.5 Å². The Morgan fingerprint density at radius 1 is 1.07 bits per heavy atom. The topological polar surface area (TPSA) is 93.7 Å². The number of halogens is 3. The van der Waals surface area contributed by atoms with Crippen LogP contribution in [0.4, 0.5) is 13.2 Å². The molecule has 0 aliphatic carbocycles. The first kappa shape index (κ1) is 22.2. The number of carbonyl (C=O) groups is 3. The second-order valence-electron chi connectivity index (χ2n) is 5.69. The van der Waals surface area contributed by atoms with E-state index in [0.717, 1.165) is 10.9 Å². The zero-order valence-electron chi connectivity index (χ0n) is 15.2. The average molecular weight is 430 g/mol. The summed E-state index contributed by atoms with van der Waals surface area (Å²) in [4.78, 5) is 36.5. The Hall–Kier alpha value is -3.08. The van der Waals surface area contributed by atoms with Crippen molar-refractivity contribution in [3.63, 3.8) is 0 Å². The minimum absolute atomic E-state index is 0.100. The van der Waals surface area contributed by atoms with Crippen LogP contribution in [0.2, 0.25) is 0 Å². The molecule has 1 aromatic heterocycles. The van der Waals surface area contributed by atoms with Crippen molar-refractivity contribution in [1.82, 2.24) is 10.6 Å². The Balaban J connectivity index is 1.73. The number of rotatable bonds is 8. The van der Waals surface area contributed by atoms with Gasteiger partial charge in [-0.25, -0.2) is 0 Å². The first-order chi connectivity index (χ1) is 13.6. The van der Waals surface area contributed by atoms with Gasteiger partial charge in [0.2, 0.25) is 0 Å². The van der Waals surface area contributed by atoms with E-state index in [2.05, 4.69) is 15.4 Å². The highest BCUT2D eigenvalue weighted by Gasteiger charge is 2.32. The second kappa shape index (κ2) is 9.92. The molecule has 7 nitrogen and oxygen atoms in total. The predicted octanol–water partition coefficient (Wildman–Crippen LogP) is 2.54. The standard InChI is InChI=1S/C18H17F3N2O5S/c1-11-6-7-14(29-11)17(26)23-9-16(25)27-10-15(24)22-8-12-4-2-3-5-13(12)28-18(19,20)21/h2-7H,8-10H2,1H3,(H,22,24)(H,23,26). The van der Waals surface area contributed by atoms with Gasteiger partial charge in [-0.2, -0.15) is 0 Å². The van der Waals surface area contributed by atoms with Crippen molar-refractivity contribution in [3.05, 3.63) is 51.7 Å². The number of esters is 1. The number of ether oxygens (including phenoxy) is 2. The summed E-state index contributed by atoms with van der Waals surface area (Å²) in [5.41, 5.74) is 0.100. The molecule has 0 aliphatic heterocycles. The van der Waals surface area contributed by atoms with E-state index in [4.69, 9.17) is 4.74 Å². The molecular formula is C18H17F3N2O5S. The van der Waals surface area contributed by atoms with Crippen LogP contribution in [-0.4, -0.2) is 37.3 Å². The quantitative estimate of drug-likeness (QED) is 0.628. The highest BCUT2D eigenvalue weighted by molar-refractivity contribution is 7.13. The van der Waals surface area contributed by atoms with Crippen LogP contribution in [0.1, 0.15) is 20.1 Å². The summed E-state index contributed by atoms with van der Waals surface area (Å²) in [6.45, 7) is 0.513. The summed E-state index contributed by atoms with van der Waals surface area (Å²) in [5.74, 6) is -2.43. The van der Waals surface area contributed by atoms with Crippen molar-refractivity contribution in [2.45, 2.75) is 19.8 Å². The molecule has 0 radical (unpaired) electrons. The van der Waals surface area contributed by atoms with Gasteiger partial charge < -0.3 is 20.1 Å². The number of hydrogen-bond donors (Lipinski definition) is 2. The molecule has 29 heavy (non-hydrogen) atoms. The lowest BCUT2D eigenvalue weighted by atomic mass is 10.2. The zero-order valence-corrected chi connectivity index (χ0v) is 16.0. The van der Waals surface area contributed by atoms with E-state index in [9.17, 15) is 27.6 Å². The summed E-state index contributed by atoms with van der Waals surface area (Å²) in [6, 6.07) is 8.71. The van der Waals surface area contributed by atoms with Gasteiger partial charge in [-0.3, -0.25) is 14.4 Å². The van der Waals surface area contributed by atoms with E-state index in [1.54, 1.807) is 12.1 Å². The fourth-order valence-corrected chi connectivity index (χ4v) is 2.90. The van der Waals surface area contributed by atoms with Gasteiger partial charge in [-0.05, 0) is 25.1 Å². The Morgan fingerprint density at radius 2 is 1.79 bits per heavy atom. The van der Waals surface area contributed by atoms with Gasteiger partial charge in [-0.1, -0.05) is 18.2 Å². The maximum absolute atomic E-state index is 12.4. The highest BCUT2D eigenvalue weighted by atomic mass is 32.1. The molecule has 0 saturated carbocycles. The molecular weight excluding hydrogens is 413 g/mol. The number of para-hydroxylation sites is 1.